The lowest BCUT2D eigenvalue weighted by Crippen LogP contribution is -2.11. The van der Waals surface area contributed by atoms with Crippen LogP contribution >= 0.6 is 11.8 Å². The molecule has 0 aliphatic rings. The van der Waals surface area contributed by atoms with Crippen LogP contribution in [0.15, 0.2) is 34.2 Å². The second-order valence-electron chi connectivity index (χ2n) is 4.43. The van der Waals surface area contributed by atoms with Crippen molar-refractivity contribution in [1.82, 2.24) is 9.97 Å². The summed E-state index contributed by atoms with van der Waals surface area (Å²) >= 11 is 1.10. The summed E-state index contributed by atoms with van der Waals surface area (Å²) < 4.78 is 26.5. The van der Waals surface area contributed by atoms with Gasteiger partial charge < -0.3 is 5.43 Å². The molecule has 1 aromatic heterocycles. The molecule has 0 saturated carbocycles. The van der Waals surface area contributed by atoms with Crippen molar-refractivity contribution in [2.24, 2.45) is 5.84 Å². The van der Waals surface area contributed by atoms with Crippen LogP contribution in [0, 0.1) is 11.6 Å². The van der Waals surface area contributed by atoms with Crippen molar-refractivity contribution in [3.05, 3.63) is 41.7 Å². The van der Waals surface area contributed by atoms with Gasteiger partial charge in [-0.3, -0.25) is 0 Å². The molecule has 1 aromatic carbocycles. The van der Waals surface area contributed by atoms with Gasteiger partial charge in [-0.25, -0.2) is 24.6 Å². The van der Waals surface area contributed by atoms with Gasteiger partial charge in [0.05, 0.1) is 0 Å². The van der Waals surface area contributed by atoms with Gasteiger partial charge in [-0.2, -0.15) is 0 Å². The second kappa shape index (κ2) is 6.15. The van der Waals surface area contributed by atoms with E-state index in [1.54, 1.807) is 6.07 Å². The summed E-state index contributed by atoms with van der Waals surface area (Å²) in [5.41, 5.74) is 2.45. The first-order valence-corrected chi connectivity index (χ1v) is 6.79. The minimum Gasteiger partial charge on any atom is -0.308 e. The summed E-state index contributed by atoms with van der Waals surface area (Å²) in [6, 6.07) is 5.04. The van der Waals surface area contributed by atoms with Crippen LogP contribution in [0.5, 0.6) is 0 Å². The Morgan fingerprint density at radius 2 is 1.95 bits per heavy atom. The molecule has 2 aromatic rings. The minimum atomic E-state index is -0.623. The lowest BCUT2D eigenvalue weighted by Gasteiger charge is -2.09. The molecule has 0 aliphatic carbocycles. The summed E-state index contributed by atoms with van der Waals surface area (Å²) in [4.78, 5) is 8.85. The molecule has 0 spiro atoms. The molecule has 0 amide bonds. The smallest absolute Gasteiger partial charge is 0.144 e. The monoisotopic (exact) mass is 296 g/mol. The van der Waals surface area contributed by atoms with Crippen molar-refractivity contribution in [1.29, 1.82) is 0 Å². The number of hydrogen-bond donors (Lipinski definition) is 2. The number of anilines is 1. The van der Waals surface area contributed by atoms with E-state index >= 15 is 0 Å². The molecule has 0 fully saturated rings. The van der Waals surface area contributed by atoms with Gasteiger partial charge in [-0.15, -0.1) is 0 Å². The first-order chi connectivity index (χ1) is 9.49. The molecule has 0 aliphatic heterocycles. The van der Waals surface area contributed by atoms with E-state index in [4.69, 9.17) is 5.84 Å². The van der Waals surface area contributed by atoms with E-state index in [0.717, 1.165) is 17.8 Å². The molecule has 0 radical (unpaired) electrons. The van der Waals surface area contributed by atoms with E-state index in [0.29, 0.717) is 21.6 Å². The Labute approximate surface area is 119 Å². The topological polar surface area (TPSA) is 63.8 Å². The molecule has 0 unspecified atom stereocenters. The number of aromatic nitrogens is 2. The van der Waals surface area contributed by atoms with E-state index in [-0.39, 0.29) is 5.92 Å². The fraction of sp³-hybridized carbons (Fsp3) is 0.231. The fourth-order valence-corrected chi connectivity index (χ4v) is 2.33. The predicted octanol–water partition coefficient (Wildman–Crippen LogP) is 3.32. The van der Waals surface area contributed by atoms with Gasteiger partial charge in [-0.05, 0) is 12.1 Å². The zero-order valence-electron chi connectivity index (χ0n) is 11.0. The highest BCUT2D eigenvalue weighted by molar-refractivity contribution is 7.99. The summed E-state index contributed by atoms with van der Waals surface area (Å²) in [5.74, 6) is 5.29. The van der Waals surface area contributed by atoms with Gasteiger partial charge in [0, 0.05) is 22.9 Å². The van der Waals surface area contributed by atoms with Gasteiger partial charge in [0.25, 0.3) is 0 Å². The van der Waals surface area contributed by atoms with E-state index in [1.165, 1.54) is 12.1 Å². The second-order valence-corrected chi connectivity index (χ2v) is 5.49. The van der Waals surface area contributed by atoms with Crippen LogP contribution in [0.3, 0.4) is 0 Å². The molecular weight excluding hydrogens is 282 g/mol. The normalized spacial score (nSPS) is 10.9. The third kappa shape index (κ3) is 3.43. The van der Waals surface area contributed by atoms with Crippen LogP contribution in [-0.4, -0.2) is 9.97 Å². The Bertz CT molecular complexity index is 619. The van der Waals surface area contributed by atoms with Crippen molar-refractivity contribution in [2.45, 2.75) is 29.7 Å². The number of rotatable bonds is 4. The first-order valence-electron chi connectivity index (χ1n) is 5.98. The third-order valence-corrected chi connectivity index (χ3v) is 3.46. The molecule has 3 N–H and O–H groups in total. The molecule has 20 heavy (non-hydrogen) atoms. The quantitative estimate of drug-likeness (QED) is 0.515. The number of hydrogen-bond acceptors (Lipinski definition) is 5. The number of nitrogens with two attached hydrogens (primary N) is 1. The molecule has 0 saturated heterocycles. The van der Waals surface area contributed by atoms with E-state index in [1.807, 2.05) is 13.8 Å². The number of halogens is 2. The summed E-state index contributed by atoms with van der Waals surface area (Å²) in [5, 5.41) is 0.544. The highest BCUT2D eigenvalue weighted by atomic mass is 32.2. The van der Waals surface area contributed by atoms with E-state index in [2.05, 4.69) is 15.4 Å². The maximum absolute atomic E-state index is 13.6. The van der Waals surface area contributed by atoms with Crippen LogP contribution in [0.25, 0.3) is 0 Å². The number of nitrogens with zero attached hydrogens (tertiary/aromatic N) is 2. The summed E-state index contributed by atoms with van der Waals surface area (Å²) in [6.45, 7) is 3.89. The van der Waals surface area contributed by atoms with Gasteiger partial charge in [0.1, 0.15) is 28.3 Å². The highest BCUT2D eigenvalue weighted by Gasteiger charge is 2.11. The lowest BCUT2D eigenvalue weighted by molar-refractivity contribution is 0.565. The molecule has 0 atom stereocenters. The zero-order chi connectivity index (χ0) is 14.7. The molecule has 4 nitrogen and oxygen atoms in total. The van der Waals surface area contributed by atoms with Crippen LogP contribution in [-0.2, 0) is 0 Å². The SMILES string of the molecule is CC(C)c1nc(NN)cc(Sc2ccc(F)cc2F)n1. The molecule has 2 rings (SSSR count). The maximum atomic E-state index is 13.6. The largest absolute Gasteiger partial charge is 0.308 e. The predicted molar refractivity (Wildman–Crippen MR) is 74.4 cm³/mol. The number of nitrogens with one attached hydrogen (secondary N) is 1. The fourth-order valence-electron chi connectivity index (χ4n) is 1.50. The highest BCUT2D eigenvalue weighted by Crippen LogP contribution is 2.30. The number of nitrogen functional groups attached to an aromatic ring is 1. The maximum Gasteiger partial charge on any atom is 0.144 e. The van der Waals surface area contributed by atoms with Crippen molar-refractivity contribution in [3.8, 4) is 0 Å². The average Bonchev–Trinajstić information content (AvgIpc) is 2.41. The van der Waals surface area contributed by atoms with Crippen LogP contribution < -0.4 is 11.3 Å². The van der Waals surface area contributed by atoms with E-state index < -0.39 is 11.6 Å². The summed E-state index contributed by atoms with van der Waals surface area (Å²) in [7, 11) is 0. The van der Waals surface area contributed by atoms with Crippen LogP contribution in [0.4, 0.5) is 14.6 Å². The Morgan fingerprint density at radius 1 is 1.20 bits per heavy atom. The molecule has 1 heterocycles. The molecule has 106 valence electrons. The van der Waals surface area contributed by atoms with Crippen molar-refractivity contribution in [2.75, 3.05) is 5.43 Å². The van der Waals surface area contributed by atoms with Crippen molar-refractivity contribution >= 4 is 17.6 Å². The van der Waals surface area contributed by atoms with Crippen molar-refractivity contribution in [3.63, 3.8) is 0 Å². The molecule has 7 heteroatoms. The third-order valence-electron chi connectivity index (χ3n) is 2.49. The Kier molecular flexibility index (Phi) is 4.51. The van der Waals surface area contributed by atoms with Crippen LogP contribution in [0.1, 0.15) is 25.6 Å². The number of hydrazine groups is 1. The number of benzene rings is 1. The summed E-state index contributed by atoms with van der Waals surface area (Å²) in [6.07, 6.45) is 0. The lowest BCUT2D eigenvalue weighted by atomic mass is 10.2. The average molecular weight is 296 g/mol. The first kappa shape index (κ1) is 14.7. The zero-order valence-corrected chi connectivity index (χ0v) is 11.8. The Morgan fingerprint density at radius 3 is 2.55 bits per heavy atom. The van der Waals surface area contributed by atoms with Gasteiger partial charge in [-0.1, -0.05) is 25.6 Å². The van der Waals surface area contributed by atoms with Crippen LogP contribution in [0.2, 0.25) is 0 Å². The Balaban J connectivity index is 2.34. The van der Waals surface area contributed by atoms with Gasteiger partial charge in [0.2, 0.25) is 0 Å². The van der Waals surface area contributed by atoms with Crippen molar-refractivity contribution < 1.29 is 8.78 Å². The van der Waals surface area contributed by atoms with Gasteiger partial charge >= 0.3 is 0 Å². The molecule has 0 bridgehead atoms. The minimum absolute atomic E-state index is 0.112. The van der Waals surface area contributed by atoms with Gasteiger partial charge in [0.15, 0.2) is 0 Å². The Hall–Kier alpha value is -1.73. The van der Waals surface area contributed by atoms with E-state index in [9.17, 15) is 8.78 Å². The standard InChI is InChI=1S/C13H14F2N4S/c1-7(2)13-17-11(19-16)6-12(18-13)20-10-4-3-8(14)5-9(10)15/h3-7H,16H2,1-2H3,(H,17,18,19). The molecular formula is C13H14F2N4S.